The summed E-state index contributed by atoms with van der Waals surface area (Å²) in [6.45, 7) is 0.407. The van der Waals surface area contributed by atoms with Crippen LogP contribution in [-0.2, 0) is 13.6 Å². The smallest absolute Gasteiger partial charge is 0.146 e. The second-order valence-electron chi connectivity index (χ2n) is 4.62. The van der Waals surface area contributed by atoms with Crippen LogP contribution in [-0.4, -0.2) is 9.55 Å². The van der Waals surface area contributed by atoms with Crippen LogP contribution < -0.4 is 5.73 Å². The summed E-state index contributed by atoms with van der Waals surface area (Å²) < 4.78 is 29.4. The number of halogens is 2. The molecule has 0 saturated carbocycles. The zero-order valence-corrected chi connectivity index (χ0v) is 10.9. The van der Waals surface area contributed by atoms with Gasteiger partial charge in [0.25, 0.3) is 0 Å². The zero-order valence-electron chi connectivity index (χ0n) is 10.9. The average Bonchev–Trinajstić information content (AvgIpc) is 2.76. The number of nitrogens with zero attached hydrogens (tertiary/aromatic N) is 2. The summed E-state index contributed by atoms with van der Waals surface area (Å²) in [6, 6.07) is 9.33. The lowest BCUT2D eigenvalue weighted by Gasteiger charge is -2.05. The predicted octanol–water partition coefficient (Wildman–Crippen LogP) is 2.98. The molecule has 1 heterocycles. The van der Waals surface area contributed by atoms with Crippen molar-refractivity contribution < 1.29 is 8.78 Å². The molecule has 0 aliphatic heterocycles. The van der Waals surface area contributed by atoms with Crippen molar-refractivity contribution in [2.75, 3.05) is 0 Å². The second-order valence-corrected chi connectivity index (χ2v) is 4.62. The molecule has 3 nitrogen and oxygen atoms in total. The summed E-state index contributed by atoms with van der Waals surface area (Å²) in [7, 11) is 1.73. The Morgan fingerprint density at radius 2 is 1.85 bits per heavy atom. The fourth-order valence-corrected chi connectivity index (χ4v) is 2.30. The Kier molecular flexibility index (Phi) is 2.99. The number of nitrogens with two attached hydrogens (primary N) is 1. The molecule has 0 atom stereocenters. The van der Waals surface area contributed by atoms with Gasteiger partial charge < -0.3 is 10.3 Å². The van der Waals surface area contributed by atoms with Gasteiger partial charge in [-0.05, 0) is 29.8 Å². The zero-order chi connectivity index (χ0) is 14.3. The monoisotopic (exact) mass is 273 g/mol. The minimum atomic E-state index is -0.623. The molecule has 0 unspecified atom stereocenters. The first-order chi connectivity index (χ1) is 9.61. The van der Waals surface area contributed by atoms with Crippen molar-refractivity contribution in [1.82, 2.24) is 9.55 Å². The maximum atomic E-state index is 13.9. The van der Waals surface area contributed by atoms with E-state index in [0.717, 1.165) is 11.1 Å². The van der Waals surface area contributed by atoms with Gasteiger partial charge in [0, 0.05) is 13.6 Å². The highest BCUT2D eigenvalue weighted by Gasteiger charge is 2.17. The van der Waals surface area contributed by atoms with Crippen LogP contribution in [0.5, 0.6) is 0 Å². The van der Waals surface area contributed by atoms with E-state index < -0.39 is 11.6 Å². The molecule has 1 aromatic heterocycles. The largest absolute Gasteiger partial charge is 0.327 e. The molecular formula is C15H13F2N3. The van der Waals surface area contributed by atoms with Gasteiger partial charge in [-0.3, -0.25) is 0 Å². The van der Waals surface area contributed by atoms with Crippen LogP contribution >= 0.6 is 0 Å². The Morgan fingerprint density at radius 1 is 1.15 bits per heavy atom. The van der Waals surface area contributed by atoms with Gasteiger partial charge in [-0.25, -0.2) is 13.8 Å². The number of hydrogen-bond acceptors (Lipinski definition) is 2. The van der Waals surface area contributed by atoms with Crippen molar-refractivity contribution in [3.8, 4) is 11.4 Å². The van der Waals surface area contributed by atoms with E-state index in [1.54, 1.807) is 17.7 Å². The number of hydrogen-bond donors (Lipinski definition) is 1. The van der Waals surface area contributed by atoms with Gasteiger partial charge >= 0.3 is 0 Å². The summed E-state index contributed by atoms with van der Waals surface area (Å²) in [4.78, 5) is 4.32. The van der Waals surface area contributed by atoms with Crippen LogP contribution in [0.25, 0.3) is 22.4 Å². The van der Waals surface area contributed by atoms with Crippen molar-refractivity contribution in [1.29, 1.82) is 0 Å². The van der Waals surface area contributed by atoms with Gasteiger partial charge in [0.1, 0.15) is 17.5 Å². The van der Waals surface area contributed by atoms with Crippen LogP contribution in [0, 0.1) is 11.6 Å². The summed E-state index contributed by atoms with van der Waals surface area (Å²) in [5.74, 6) is -0.977. The Balaban J connectivity index is 2.30. The molecule has 0 aliphatic carbocycles. The Hall–Kier alpha value is -2.27. The topological polar surface area (TPSA) is 43.8 Å². The third-order valence-corrected chi connectivity index (χ3v) is 3.37. The highest BCUT2D eigenvalue weighted by Crippen LogP contribution is 2.28. The number of rotatable bonds is 2. The first kappa shape index (κ1) is 12.7. The van der Waals surface area contributed by atoms with Crippen LogP contribution in [0.2, 0.25) is 0 Å². The molecule has 3 aromatic rings. The summed E-state index contributed by atoms with van der Waals surface area (Å²) in [5, 5.41) is 0. The van der Waals surface area contributed by atoms with Crippen molar-refractivity contribution in [2.24, 2.45) is 12.8 Å². The van der Waals surface area contributed by atoms with Crippen LogP contribution in [0.4, 0.5) is 8.78 Å². The standard InChI is InChI=1S/C15H13F2N3/c1-20-13-7-9(8-18)5-6-12(13)19-15(20)14-10(16)3-2-4-11(14)17/h2-7H,8,18H2,1H3. The van der Waals surface area contributed by atoms with Crippen molar-refractivity contribution in [3.05, 3.63) is 53.6 Å². The van der Waals surface area contributed by atoms with Crippen molar-refractivity contribution in [3.63, 3.8) is 0 Å². The molecule has 0 amide bonds. The maximum absolute atomic E-state index is 13.9. The van der Waals surface area contributed by atoms with Gasteiger partial charge in [0.05, 0.1) is 16.6 Å². The van der Waals surface area contributed by atoms with E-state index in [-0.39, 0.29) is 11.4 Å². The van der Waals surface area contributed by atoms with Gasteiger partial charge in [-0.1, -0.05) is 12.1 Å². The van der Waals surface area contributed by atoms with Crippen LogP contribution in [0.15, 0.2) is 36.4 Å². The highest BCUT2D eigenvalue weighted by atomic mass is 19.1. The van der Waals surface area contributed by atoms with E-state index >= 15 is 0 Å². The summed E-state index contributed by atoms with van der Waals surface area (Å²) in [5.41, 5.74) is 7.92. The van der Waals surface area contributed by atoms with E-state index in [9.17, 15) is 8.78 Å². The lowest BCUT2D eigenvalue weighted by molar-refractivity contribution is 0.586. The maximum Gasteiger partial charge on any atom is 0.146 e. The third kappa shape index (κ3) is 1.87. The molecule has 2 aromatic carbocycles. The first-order valence-corrected chi connectivity index (χ1v) is 6.21. The van der Waals surface area contributed by atoms with E-state index in [1.165, 1.54) is 18.2 Å². The number of aromatic nitrogens is 2. The molecule has 0 fully saturated rings. The Morgan fingerprint density at radius 3 is 2.50 bits per heavy atom. The Labute approximate surface area is 114 Å². The molecule has 0 aliphatic rings. The molecule has 2 N–H and O–H groups in total. The van der Waals surface area contributed by atoms with Gasteiger partial charge in [-0.2, -0.15) is 0 Å². The summed E-state index contributed by atoms with van der Waals surface area (Å²) >= 11 is 0. The second kappa shape index (κ2) is 4.68. The normalized spacial score (nSPS) is 11.2. The number of fused-ring (bicyclic) bond motifs is 1. The SMILES string of the molecule is Cn1c(-c2c(F)cccc2F)nc2ccc(CN)cc21. The molecule has 3 rings (SSSR count). The molecule has 0 spiro atoms. The molecule has 20 heavy (non-hydrogen) atoms. The van der Waals surface area contributed by atoms with E-state index in [4.69, 9.17) is 5.73 Å². The molecule has 0 bridgehead atoms. The lowest BCUT2D eigenvalue weighted by Crippen LogP contribution is -1.99. The summed E-state index contributed by atoms with van der Waals surface area (Å²) in [6.07, 6.45) is 0. The van der Waals surface area contributed by atoms with E-state index in [1.807, 2.05) is 12.1 Å². The van der Waals surface area contributed by atoms with Gasteiger partial charge in [0.15, 0.2) is 0 Å². The minimum Gasteiger partial charge on any atom is -0.327 e. The van der Waals surface area contributed by atoms with Crippen LogP contribution in [0.1, 0.15) is 5.56 Å². The van der Waals surface area contributed by atoms with Crippen molar-refractivity contribution in [2.45, 2.75) is 6.54 Å². The average molecular weight is 273 g/mol. The molecule has 0 saturated heterocycles. The molecular weight excluding hydrogens is 260 g/mol. The minimum absolute atomic E-state index is 0.111. The fraction of sp³-hybridized carbons (Fsp3) is 0.133. The van der Waals surface area contributed by atoms with Crippen molar-refractivity contribution >= 4 is 11.0 Å². The molecule has 102 valence electrons. The molecule has 0 radical (unpaired) electrons. The number of aryl methyl sites for hydroxylation is 1. The fourth-order valence-electron chi connectivity index (χ4n) is 2.30. The highest BCUT2D eigenvalue weighted by molar-refractivity contribution is 5.81. The molecule has 5 heteroatoms. The van der Waals surface area contributed by atoms with E-state index in [0.29, 0.717) is 12.1 Å². The van der Waals surface area contributed by atoms with Crippen LogP contribution in [0.3, 0.4) is 0 Å². The number of imidazole rings is 1. The predicted molar refractivity (Wildman–Crippen MR) is 74.0 cm³/mol. The Bertz CT molecular complexity index is 773. The quantitative estimate of drug-likeness (QED) is 0.780. The first-order valence-electron chi connectivity index (χ1n) is 6.21. The number of benzene rings is 2. The third-order valence-electron chi connectivity index (χ3n) is 3.37. The van der Waals surface area contributed by atoms with E-state index in [2.05, 4.69) is 4.98 Å². The lowest BCUT2D eigenvalue weighted by atomic mass is 10.2. The van der Waals surface area contributed by atoms with Gasteiger partial charge in [-0.15, -0.1) is 0 Å². The van der Waals surface area contributed by atoms with Gasteiger partial charge in [0.2, 0.25) is 0 Å².